The van der Waals surface area contributed by atoms with E-state index in [1.165, 1.54) is 30.0 Å². The smallest absolute Gasteiger partial charge is 0.335 e. The van der Waals surface area contributed by atoms with Crippen LogP contribution in [0.2, 0.25) is 0 Å². The van der Waals surface area contributed by atoms with E-state index in [1.807, 2.05) is 0 Å². The Labute approximate surface area is 133 Å². The molecule has 23 heavy (non-hydrogen) atoms. The monoisotopic (exact) mass is 349 g/mol. The van der Waals surface area contributed by atoms with Crippen molar-refractivity contribution in [1.82, 2.24) is 4.90 Å². The quantitative estimate of drug-likeness (QED) is 0.843. The van der Waals surface area contributed by atoms with E-state index in [2.05, 4.69) is 0 Å². The van der Waals surface area contributed by atoms with E-state index in [0.29, 0.717) is 12.8 Å². The molecule has 0 spiro atoms. The highest BCUT2D eigenvalue weighted by molar-refractivity contribution is 7.92. The van der Waals surface area contributed by atoms with Crippen LogP contribution in [0.3, 0.4) is 0 Å². The maximum Gasteiger partial charge on any atom is 0.416 e. The lowest BCUT2D eigenvalue weighted by Gasteiger charge is -2.29. The topological polar surface area (TPSA) is 54.5 Å². The summed E-state index contributed by atoms with van der Waals surface area (Å²) >= 11 is 0. The van der Waals surface area contributed by atoms with Crippen molar-refractivity contribution in [3.05, 3.63) is 35.4 Å². The minimum atomic E-state index is -4.52. The minimum absolute atomic E-state index is 0.0200. The van der Waals surface area contributed by atoms with E-state index in [9.17, 15) is 26.4 Å². The number of hydrogen-bond donors (Lipinski definition) is 0. The van der Waals surface area contributed by atoms with Gasteiger partial charge in [-0.1, -0.05) is 18.2 Å². The summed E-state index contributed by atoms with van der Waals surface area (Å²) in [5.41, 5.74) is -0.761. The molecular weight excluding hydrogens is 331 g/mol. The Morgan fingerprint density at radius 3 is 2.48 bits per heavy atom. The molecule has 1 saturated heterocycles. The van der Waals surface area contributed by atoms with Gasteiger partial charge in [0.25, 0.3) is 0 Å². The van der Waals surface area contributed by atoms with Crippen molar-refractivity contribution in [3.8, 4) is 0 Å². The van der Waals surface area contributed by atoms with Gasteiger partial charge in [-0.2, -0.15) is 13.2 Å². The molecule has 1 amide bonds. The van der Waals surface area contributed by atoms with E-state index >= 15 is 0 Å². The number of carbonyl (C=O) groups excluding carboxylic acids is 1. The number of alkyl halides is 3. The van der Waals surface area contributed by atoms with Gasteiger partial charge in [-0.3, -0.25) is 4.79 Å². The molecule has 0 bridgehead atoms. The average molecular weight is 349 g/mol. The molecule has 1 aromatic rings. The van der Waals surface area contributed by atoms with Crippen LogP contribution in [0, 0.1) is 0 Å². The van der Waals surface area contributed by atoms with Crippen molar-refractivity contribution < 1.29 is 26.4 Å². The molecule has 0 radical (unpaired) electrons. The lowest BCUT2D eigenvalue weighted by atomic mass is 9.98. The number of likely N-dealkylation sites (tertiary alicyclic amines) is 1. The largest absolute Gasteiger partial charge is 0.416 e. The Bertz CT molecular complexity index is 700. The Morgan fingerprint density at radius 2 is 1.91 bits per heavy atom. The molecule has 4 nitrogen and oxygen atoms in total. The fraction of sp³-hybridized carbons (Fsp3) is 0.533. The summed E-state index contributed by atoms with van der Waals surface area (Å²) in [5.74, 6) is -0.646. The molecule has 128 valence electrons. The van der Waals surface area contributed by atoms with Crippen molar-refractivity contribution in [2.75, 3.05) is 12.8 Å². The molecule has 0 aliphatic carbocycles. The normalized spacial score (nSPS) is 20.6. The van der Waals surface area contributed by atoms with Gasteiger partial charge < -0.3 is 4.90 Å². The van der Waals surface area contributed by atoms with Crippen LogP contribution in [0.4, 0.5) is 13.2 Å². The van der Waals surface area contributed by atoms with Crippen LogP contribution in [0.15, 0.2) is 24.3 Å². The van der Waals surface area contributed by atoms with Crippen LogP contribution >= 0.6 is 0 Å². The zero-order valence-corrected chi connectivity index (χ0v) is 13.6. The summed E-state index contributed by atoms with van der Waals surface area (Å²) in [7, 11) is -3.60. The second kappa shape index (κ2) is 6.14. The highest BCUT2D eigenvalue weighted by atomic mass is 32.2. The molecule has 1 aliphatic heterocycles. The van der Waals surface area contributed by atoms with E-state index in [0.717, 1.165) is 12.3 Å². The fourth-order valence-electron chi connectivity index (χ4n) is 2.82. The maximum absolute atomic E-state index is 13.2. The molecule has 1 aromatic carbocycles. The SMILES string of the molecule is CC(C(=O)N1CCCC1c1ccccc1C(F)(F)F)S(C)(=O)=O. The number of amides is 1. The van der Waals surface area contributed by atoms with Crippen molar-refractivity contribution in [3.63, 3.8) is 0 Å². The number of sulfone groups is 1. The third-order valence-electron chi connectivity index (χ3n) is 4.15. The number of benzene rings is 1. The lowest BCUT2D eigenvalue weighted by molar-refractivity contribution is -0.140. The van der Waals surface area contributed by atoms with Crippen LogP contribution < -0.4 is 0 Å². The molecule has 1 aliphatic rings. The average Bonchev–Trinajstić information content (AvgIpc) is 2.93. The summed E-state index contributed by atoms with van der Waals surface area (Å²) in [6.07, 6.45) is -2.64. The summed E-state index contributed by atoms with van der Waals surface area (Å²) in [4.78, 5) is 13.7. The Kier molecular flexibility index (Phi) is 4.75. The lowest BCUT2D eigenvalue weighted by Crippen LogP contribution is -2.41. The highest BCUT2D eigenvalue weighted by Crippen LogP contribution is 2.40. The van der Waals surface area contributed by atoms with E-state index in [1.54, 1.807) is 0 Å². The van der Waals surface area contributed by atoms with Crippen molar-refractivity contribution in [2.24, 2.45) is 0 Å². The summed E-state index contributed by atoms with van der Waals surface area (Å²) < 4.78 is 62.7. The molecule has 0 N–H and O–H groups in total. The number of nitrogens with zero attached hydrogens (tertiary/aromatic N) is 1. The first-order chi connectivity index (χ1) is 10.5. The van der Waals surface area contributed by atoms with Crippen LogP contribution in [0.5, 0.6) is 0 Å². The van der Waals surface area contributed by atoms with E-state index in [4.69, 9.17) is 0 Å². The Morgan fingerprint density at radius 1 is 1.30 bits per heavy atom. The number of rotatable bonds is 3. The molecule has 1 heterocycles. The highest BCUT2D eigenvalue weighted by Gasteiger charge is 2.40. The molecule has 0 aromatic heterocycles. The van der Waals surface area contributed by atoms with Crippen molar-refractivity contribution in [1.29, 1.82) is 0 Å². The molecule has 8 heteroatoms. The molecular formula is C15H18F3NO3S. The van der Waals surface area contributed by atoms with E-state index in [-0.39, 0.29) is 12.1 Å². The van der Waals surface area contributed by atoms with Crippen LogP contribution in [-0.2, 0) is 20.8 Å². The number of halogens is 3. The third kappa shape index (κ3) is 3.68. The zero-order valence-electron chi connectivity index (χ0n) is 12.8. The first-order valence-corrected chi connectivity index (χ1v) is 9.14. The Hall–Kier alpha value is -1.57. The standard InChI is InChI=1S/C15H18F3NO3S/c1-10(23(2,21)22)14(20)19-9-5-8-13(19)11-6-3-4-7-12(11)15(16,17)18/h3-4,6-7,10,13H,5,8-9H2,1-2H3. The third-order valence-corrected chi connectivity index (χ3v) is 5.64. The fourth-order valence-corrected chi connectivity index (χ4v) is 3.32. The second-order valence-corrected chi connectivity index (χ2v) is 8.11. The van der Waals surface area contributed by atoms with Gasteiger partial charge in [0.15, 0.2) is 9.84 Å². The van der Waals surface area contributed by atoms with Crippen molar-refractivity contribution >= 4 is 15.7 Å². The van der Waals surface area contributed by atoms with Gasteiger partial charge >= 0.3 is 6.18 Å². The summed E-state index contributed by atoms with van der Waals surface area (Å²) in [6.45, 7) is 1.53. The van der Waals surface area contributed by atoms with Gasteiger partial charge in [-0.15, -0.1) is 0 Å². The molecule has 2 unspecified atom stereocenters. The predicted molar refractivity (Wildman–Crippen MR) is 79.4 cm³/mol. The minimum Gasteiger partial charge on any atom is -0.335 e. The van der Waals surface area contributed by atoms with Gasteiger partial charge in [0.2, 0.25) is 5.91 Å². The van der Waals surface area contributed by atoms with Crippen LogP contribution in [0.1, 0.15) is 36.9 Å². The van der Waals surface area contributed by atoms with Gasteiger partial charge in [0, 0.05) is 12.8 Å². The van der Waals surface area contributed by atoms with Gasteiger partial charge in [-0.05, 0) is 31.4 Å². The van der Waals surface area contributed by atoms with Gasteiger partial charge in [-0.25, -0.2) is 8.42 Å². The summed E-state index contributed by atoms with van der Waals surface area (Å²) in [5, 5.41) is -1.26. The first-order valence-electron chi connectivity index (χ1n) is 7.19. The van der Waals surface area contributed by atoms with Gasteiger partial charge in [0.05, 0.1) is 11.6 Å². The Balaban J connectivity index is 2.39. The maximum atomic E-state index is 13.2. The molecule has 2 rings (SSSR count). The summed E-state index contributed by atoms with van der Waals surface area (Å²) in [6, 6.07) is 4.38. The second-order valence-electron chi connectivity index (χ2n) is 5.75. The van der Waals surface area contributed by atoms with Crippen LogP contribution in [-0.4, -0.2) is 37.3 Å². The molecule has 2 atom stereocenters. The first kappa shape index (κ1) is 17.8. The predicted octanol–water partition coefficient (Wildman–Crippen LogP) is 2.80. The molecule has 1 fully saturated rings. The number of hydrogen-bond acceptors (Lipinski definition) is 3. The molecule has 0 saturated carbocycles. The van der Waals surface area contributed by atoms with Gasteiger partial charge in [0.1, 0.15) is 5.25 Å². The van der Waals surface area contributed by atoms with Crippen molar-refractivity contribution in [2.45, 2.75) is 37.2 Å². The number of carbonyl (C=O) groups is 1. The van der Waals surface area contributed by atoms with E-state index < -0.39 is 38.8 Å². The zero-order chi connectivity index (χ0) is 17.4. The van der Waals surface area contributed by atoms with Crippen LogP contribution in [0.25, 0.3) is 0 Å².